The van der Waals surface area contributed by atoms with Crippen molar-refractivity contribution < 1.29 is 4.39 Å². The predicted octanol–water partition coefficient (Wildman–Crippen LogP) is 3.39. The monoisotopic (exact) mass is 290 g/mol. The van der Waals surface area contributed by atoms with Crippen molar-refractivity contribution in [3.05, 3.63) is 34.6 Å². The summed E-state index contributed by atoms with van der Waals surface area (Å²) in [5, 5.41) is 0.159. The molecule has 1 aromatic rings. The molecule has 1 rings (SSSR count). The molecule has 2 nitrogen and oxygen atoms in total. The van der Waals surface area contributed by atoms with Crippen molar-refractivity contribution in [1.82, 2.24) is 5.43 Å². The molecule has 102 valence electrons. The predicted molar refractivity (Wildman–Crippen MR) is 78.4 cm³/mol. The van der Waals surface area contributed by atoms with Crippen LogP contribution in [-0.2, 0) is 6.42 Å². The zero-order valence-electron chi connectivity index (χ0n) is 11.0. The first-order valence-corrected chi connectivity index (χ1v) is 7.23. The number of thioether (sulfide) groups is 1. The molecular formula is C13H20ClFN2S. The number of hydrogen-bond donors (Lipinski definition) is 2. The highest BCUT2D eigenvalue weighted by Crippen LogP contribution is 2.25. The Labute approximate surface area is 117 Å². The van der Waals surface area contributed by atoms with Crippen molar-refractivity contribution in [3.8, 4) is 0 Å². The molecule has 0 aliphatic heterocycles. The first-order valence-electron chi connectivity index (χ1n) is 5.86. The minimum Gasteiger partial charge on any atom is -0.271 e. The summed E-state index contributed by atoms with van der Waals surface area (Å²) in [6, 6.07) is 5.08. The topological polar surface area (TPSA) is 38.0 Å². The highest BCUT2D eigenvalue weighted by atomic mass is 35.5. The Kier molecular flexibility index (Phi) is 5.92. The van der Waals surface area contributed by atoms with Gasteiger partial charge in [0, 0.05) is 16.5 Å². The number of rotatable bonds is 5. The van der Waals surface area contributed by atoms with Gasteiger partial charge >= 0.3 is 0 Å². The van der Waals surface area contributed by atoms with Gasteiger partial charge in [-0.15, -0.1) is 0 Å². The SMILES string of the molecule is CC(C)(C)SCC(Cc1cccc(Cl)c1F)NN. The second-order valence-electron chi connectivity index (χ2n) is 5.20. The molecule has 0 aliphatic carbocycles. The lowest BCUT2D eigenvalue weighted by molar-refractivity contribution is 0.545. The first-order chi connectivity index (χ1) is 8.33. The Hall–Kier alpha value is -0.290. The Morgan fingerprint density at radius 2 is 2.11 bits per heavy atom. The second kappa shape index (κ2) is 6.75. The van der Waals surface area contributed by atoms with Crippen molar-refractivity contribution >= 4 is 23.4 Å². The molecule has 0 spiro atoms. The smallest absolute Gasteiger partial charge is 0.145 e. The van der Waals surface area contributed by atoms with E-state index < -0.39 is 0 Å². The van der Waals surface area contributed by atoms with Gasteiger partial charge < -0.3 is 0 Å². The lowest BCUT2D eigenvalue weighted by Crippen LogP contribution is -2.39. The van der Waals surface area contributed by atoms with Crippen LogP contribution in [0.15, 0.2) is 18.2 Å². The maximum Gasteiger partial charge on any atom is 0.145 e. The van der Waals surface area contributed by atoms with Gasteiger partial charge in [-0.25, -0.2) is 4.39 Å². The molecule has 0 heterocycles. The molecule has 5 heteroatoms. The van der Waals surface area contributed by atoms with E-state index >= 15 is 0 Å². The normalized spacial score (nSPS) is 13.7. The summed E-state index contributed by atoms with van der Waals surface area (Å²) >= 11 is 7.56. The Balaban J connectivity index is 2.65. The van der Waals surface area contributed by atoms with Gasteiger partial charge in [0.2, 0.25) is 0 Å². The summed E-state index contributed by atoms with van der Waals surface area (Å²) in [6.07, 6.45) is 0.534. The van der Waals surface area contributed by atoms with Gasteiger partial charge in [0.25, 0.3) is 0 Å². The summed E-state index contributed by atoms with van der Waals surface area (Å²) < 4.78 is 13.9. The third-order valence-electron chi connectivity index (χ3n) is 2.45. The van der Waals surface area contributed by atoms with Crippen LogP contribution in [0.1, 0.15) is 26.3 Å². The van der Waals surface area contributed by atoms with E-state index in [-0.39, 0.29) is 21.6 Å². The van der Waals surface area contributed by atoms with Crippen LogP contribution in [0.3, 0.4) is 0 Å². The molecule has 0 fully saturated rings. The molecule has 0 radical (unpaired) electrons. The number of nitrogens with one attached hydrogen (secondary N) is 1. The van der Waals surface area contributed by atoms with Gasteiger partial charge in [0.05, 0.1) is 5.02 Å². The third kappa shape index (κ3) is 5.14. The number of benzene rings is 1. The molecule has 0 aliphatic rings. The summed E-state index contributed by atoms with van der Waals surface area (Å²) in [5.41, 5.74) is 3.34. The van der Waals surface area contributed by atoms with E-state index in [1.807, 2.05) is 0 Å². The van der Waals surface area contributed by atoms with Gasteiger partial charge in [0.1, 0.15) is 5.82 Å². The maximum absolute atomic E-state index is 13.8. The van der Waals surface area contributed by atoms with Gasteiger partial charge in [-0.05, 0) is 18.1 Å². The fourth-order valence-electron chi connectivity index (χ4n) is 1.49. The minimum absolute atomic E-state index is 0.0298. The van der Waals surface area contributed by atoms with Crippen LogP contribution in [0.25, 0.3) is 0 Å². The van der Waals surface area contributed by atoms with Crippen LogP contribution < -0.4 is 11.3 Å². The van der Waals surface area contributed by atoms with E-state index in [1.54, 1.807) is 30.0 Å². The van der Waals surface area contributed by atoms with E-state index in [2.05, 4.69) is 26.2 Å². The summed E-state index contributed by atoms with van der Waals surface area (Å²) in [7, 11) is 0. The van der Waals surface area contributed by atoms with Crippen LogP contribution in [-0.4, -0.2) is 16.5 Å². The fourth-order valence-corrected chi connectivity index (χ4v) is 2.60. The average Bonchev–Trinajstić information content (AvgIpc) is 2.28. The van der Waals surface area contributed by atoms with Crippen LogP contribution in [0, 0.1) is 5.82 Å². The number of halogens is 2. The summed E-state index contributed by atoms with van der Waals surface area (Å²) in [6.45, 7) is 6.43. The Morgan fingerprint density at radius 3 is 2.67 bits per heavy atom. The molecule has 1 unspecified atom stereocenters. The average molecular weight is 291 g/mol. The van der Waals surface area contributed by atoms with Crippen molar-refractivity contribution in [2.75, 3.05) is 5.75 Å². The zero-order valence-corrected chi connectivity index (χ0v) is 12.5. The largest absolute Gasteiger partial charge is 0.271 e. The minimum atomic E-state index is -0.347. The molecule has 1 aromatic carbocycles. The number of nitrogens with two attached hydrogens (primary N) is 1. The molecule has 3 N–H and O–H groups in total. The van der Waals surface area contributed by atoms with E-state index in [0.29, 0.717) is 12.0 Å². The van der Waals surface area contributed by atoms with Crippen molar-refractivity contribution in [2.24, 2.45) is 5.84 Å². The van der Waals surface area contributed by atoms with Gasteiger partial charge in [-0.3, -0.25) is 11.3 Å². The number of hydrazine groups is 1. The lowest BCUT2D eigenvalue weighted by atomic mass is 10.1. The van der Waals surface area contributed by atoms with Crippen LogP contribution in [0.5, 0.6) is 0 Å². The van der Waals surface area contributed by atoms with Crippen LogP contribution in [0.4, 0.5) is 4.39 Å². The molecule has 18 heavy (non-hydrogen) atoms. The number of hydrogen-bond acceptors (Lipinski definition) is 3. The highest BCUT2D eigenvalue weighted by Gasteiger charge is 2.17. The third-order valence-corrected chi connectivity index (χ3v) is 4.18. The van der Waals surface area contributed by atoms with Gasteiger partial charge in [-0.2, -0.15) is 11.8 Å². The van der Waals surface area contributed by atoms with E-state index in [4.69, 9.17) is 17.4 Å². The molecule has 0 bridgehead atoms. The first kappa shape index (κ1) is 15.8. The van der Waals surface area contributed by atoms with Crippen molar-refractivity contribution in [2.45, 2.75) is 38.0 Å². The summed E-state index contributed by atoms with van der Waals surface area (Å²) in [4.78, 5) is 0. The van der Waals surface area contributed by atoms with Crippen molar-refractivity contribution in [1.29, 1.82) is 0 Å². The Morgan fingerprint density at radius 1 is 1.44 bits per heavy atom. The molecule has 1 atom stereocenters. The maximum atomic E-state index is 13.8. The van der Waals surface area contributed by atoms with E-state index in [9.17, 15) is 4.39 Å². The highest BCUT2D eigenvalue weighted by molar-refractivity contribution is 8.00. The van der Waals surface area contributed by atoms with Gasteiger partial charge in [-0.1, -0.05) is 44.5 Å². The molecule has 0 aromatic heterocycles. The zero-order chi connectivity index (χ0) is 13.8. The molecule has 0 saturated heterocycles. The lowest BCUT2D eigenvalue weighted by Gasteiger charge is -2.22. The molecule has 0 amide bonds. The van der Waals surface area contributed by atoms with Crippen molar-refractivity contribution in [3.63, 3.8) is 0 Å². The quantitative estimate of drug-likeness (QED) is 0.645. The Bertz CT molecular complexity index is 393. The van der Waals surface area contributed by atoms with E-state index in [0.717, 1.165) is 5.75 Å². The standard InChI is InChI=1S/C13H20ClFN2S/c1-13(2,3)18-8-10(17-16)7-9-5-4-6-11(14)12(9)15/h4-6,10,17H,7-8,16H2,1-3H3. The molecule has 0 saturated carbocycles. The summed E-state index contributed by atoms with van der Waals surface area (Å²) in [5.74, 6) is 6.00. The second-order valence-corrected chi connectivity index (χ2v) is 7.46. The molecular weight excluding hydrogens is 271 g/mol. The van der Waals surface area contributed by atoms with E-state index in [1.165, 1.54) is 0 Å². The fraction of sp³-hybridized carbons (Fsp3) is 0.538. The van der Waals surface area contributed by atoms with Crippen LogP contribution >= 0.6 is 23.4 Å². The van der Waals surface area contributed by atoms with Crippen LogP contribution in [0.2, 0.25) is 5.02 Å². The van der Waals surface area contributed by atoms with Gasteiger partial charge in [0.15, 0.2) is 0 Å².